The van der Waals surface area contributed by atoms with E-state index in [0.717, 1.165) is 18.5 Å². The monoisotopic (exact) mass is 265 g/mol. The molecule has 4 nitrogen and oxygen atoms in total. The van der Waals surface area contributed by atoms with E-state index in [-0.39, 0.29) is 0 Å². The van der Waals surface area contributed by atoms with E-state index < -0.39 is 0 Å². The van der Waals surface area contributed by atoms with Gasteiger partial charge in [0.25, 0.3) is 0 Å². The molecule has 19 heavy (non-hydrogen) atoms. The molecule has 0 amide bonds. The fourth-order valence-electron chi connectivity index (χ4n) is 1.89. The Labute approximate surface area is 115 Å². The van der Waals surface area contributed by atoms with E-state index in [1.165, 1.54) is 0 Å². The van der Waals surface area contributed by atoms with Crippen molar-refractivity contribution in [2.45, 2.75) is 25.8 Å². The maximum Gasteiger partial charge on any atom is 0.203 e. The summed E-state index contributed by atoms with van der Waals surface area (Å²) in [5.74, 6) is 1.91. The van der Waals surface area contributed by atoms with Gasteiger partial charge in [-0.1, -0.05) is 6.08 Å². The average Bonchev–Trinajstić information content (AvgIpc) is 2.43. The first-order chi connectivity index (χ1) is 9.15. The lowest BCUT2D eigenvalue weighted by atomic mass is 10.1. The smallest absolute Gasteiger partial charge is 0.203 e. The van der Waals surface area contributed by atoms with Crippen LogP contribution in [0.4, 0.5) is 5.69 Å². The van der Waals surface area contributed by atoms with E-state index in [0.29, 0.717) is 23.3 Å². The maximum atomic E-state index is 5.32. The molecule has 0 aromatic heterocycles. The van der Waals surface area contributed by atoms with Gasteiger partial charge in [-0.3, -0.25) is 0 Å². The van der Waals surface area contributed by atoms with Crippen molar-refractivity contribution >= 4 is 5.69 Å². The zero-order chi connectivity index (χ0) is 14.3. The second-order valence-corrected chi connectivity index (χ2v) is 4.33. The van der Waals surface area contributed by atoms with Gasteiger partial charge in [-0.2, -0.15) is 0 Å². The van der Waals surface area contributed by atoms with Gasteiger partial charge in [-0.05, 0) is 19.8 Å². The molecule has 0 aliphatic heterocycles. The predicted molar refractivity (Wildman–Crippen MR) is 78.6 cm³/mol. The molecule has 0 bridgehead atoms. The molecule has 0 saturated heterocycles. The zero-order valence-corrected chi connectivity index (χ0v) is 12.2. The molecule has 1 atom stereocenters. The summed E-state index contributed by atoms with van der Waals surface area (Å²) in [5.41, 5.74) is 0.950. The van der Waals surface area contributed by atoms with Crippen LogP contribution < -0.4 is 19.5 Å². The number of ether oxygens (including phenoxy) is 3. The fraction of sp³-hybridized carbons (Fsp3) is 0.467. The number of methoxy groups -OCH3 is 3. The van der Waals surface area contributed by atoms with Crippen molar-refractivity contribution < 1.29 is 14.2 Å². The fourth-order valence-corrected chi connectivity index (χ4v) is 1.89. The van der Waals surface area contributed by atoms with Crippen LogP contribution >= 0.6 is 0 Å². The summed E-state index contributed by atoms with van der Waals surface area (Å²) in [6, 6.07) is 4.16. The molecule has 0 fully saturated rings. The Morgan fingerprint density at radius 2 is 1.74 bits per heavy atom. The van der Waals surface area contributed by atoms with Gasteiger partial charge in [0, 0.05) is 23.9 Å². The first-order valence-corrected chi connectivity index (χ1v) is 6.33. The van der Waals surface area contributed by atoms with E-state index in [1.807, 2.05) is 18.2 Å². The van der Waals surface area contributed by atoms with Crippen LogP contribution in [0.2, 0.25) is 0 Å². The topological polar surface area (TPSA) is 39.7 Å². The molecule has 0 spiro atoms. The van der Waals surface area contributed by atoms with E-state index in [9.17, 15) is 0 Å². The lowest BCUT2D eigenvalue weighted by Gasteiger charge is -2.18. The Kier molecular flexibility index (Phi) is 6.06. The molecule has 0 radical (unpaired) electrons. The Balaban J connectivity index is 2.92. The van der Waals surface area contributed by atoms with Gasteiger partial charge in [0.2, 0.25) is 5.75 Å². The van der Waals surface area contributed by atoms with Gasteiger partial charge in [0.1, 0.15) is 0 Å². The highest BCUT2D eigenvalue weighted by atomic mass is 16.5. The quantitative estimate of drug-likeness (QED) is 0.730. The SMILES string of the molecule is C=CCCC(C)Nc1cc(OC)c(OC)c(OC)c1. The molecule has 1 rings (SSSR count). The lowest BCUT2D eigenvalue weighted by molar-refractivity contribution is 0.324. The van der Waals surface area contributed by atoms with Crippen LogP contribution in [0, 0.1) is 0 Å². The minimum atomic E-state index is 0.348. The van der Waals surface area contributed by atoms with Gasteiger partial charge in [0.15, 0.2) is 11.5 Å². The van der Waals surface area contributed by atoms with Crippen molar-refractivity contribution in [1.29, 1.82) is 0 Å². The van der Waals surface area contributed by atoms with Gasteiger partial charge in [0.05, 0.1) is 21.3 Å². The predicted octanol–water partition coefficient (Wildman–Crippen LogP) is 3.48. The molecule has 0 aliphatic carbocycles. The molecule has 0 saturated carbocycles. The second kappa shape index (κ2) is 7.56. The van der Waals surface area contributed by atoms with E-state index in [2.05, 4.69) is 18.8 Å². The van der Waals surface area contributed by atoms with E-state index in [4.69, 9.17) is 14.2 Å². The van der Waals surface area contributed by atoms with Crippen molar-refractivity contribution in [2.75, 3.05) is 26.6 Å². The first kappa shape index (κ1) is 15.2. The third kappa shape index (κ3) is 4.09. The highest BCUT2D eigenvalue weighted by Crippen LogP contribution is 2.40. The minimum absolute atomic E-state index is 0.348. The molecule has 0 heterocycles. The van der Waals surface area contributed by atoms with Crippen LogP contribution in [0.25, 0.3) is 0 Å². The lowest BCUT2D eigenvalue weighted by Crippen LogP contribution is -2.14. The largest absolute Gasteiger partial charge is 0.493 e. The summed E-state index contributed by atoms with van der Waals surface area (Å²) in [7, 11) is 4.82. The first-order valence-electron chi connectivity index (χ1n) is 6.33. The summed E-state index contributed by atoms with van der Waals surface area (Å²) in [6.07, 6.45) is 3.94. The second-order valence-electron chi connectivity index (χ2n) is 4.33. The Bertz CT molecular complexity index is 393. The van der Waals surface area contributed by atoms with Crippen LogP contribution in [0.1, 0.15) is 19.8 Å². The van der Waals surface area contributed by atoms with Crippen molar-refractivity contribution in [3.63, 3.8) is 0 Å². The summed E-state index contributed by atoms with van der Waals surface area (Å²) in [4.78, 5) is 0. The Hall–Kier alpha value is -1.84. The number of rotatable bonds is 8. The van der Waals surface area contributed by atoms with Gasteiger partial charge >= 0.3 is 0 Å². The van der Waals surface area contributed by atoms with Gasteiger partial charge in [-0.15, -0.1) is 6.58 Å². The molecule has 1 unspecified atom stereocenters. The van der Waals surface area contributed by atoms with Crippen LogP contribution in [0.3, 0.4) is 0 Å². The Morgan fingerprint density at radius 3 is 2.16 bits per heavy atom. The summed E-state index contributed by atoms with van der Waals surface area (Å²) < 4.78 is 15.9. The molecule has 0 aliphatic rings. The zero-order valence-electron chi connectivity index (χ0n) is 12.2. The molecule has 1 N–H and O–H groups in total. The maximum absolute atomic E-state index is 5.32. The molecule has 1 aromatic rings. The number of anilines is 1. The van der Waals surface area contributed by atoms with Crippen molar-refractivity contribution in [1.82, 2.24) is 0 Å². The van der Waals surface area contributed by atoms with Crippen LogP contribution in [0.15, 0.2) is 24.8 Å². The summed E-state index contributed by atoms with van der Waals surface area (Å²) in [5, 5.41) is 3.41. The van der Waals surface area contributed by atoms with Crippen molar-refractivity contribution in [3.8, 4) is 17.2 Å². The minimum Gasteiger partial charge on any atom is -0.493 e. The van der Waals surface area contributed by atoms with Crippen LogP contribution in [0.5, 0.6) is 17.2 Å². The number of nitrogens with one attached hydrogen (secondary N) is 1. The summed E-state index contributed by atoms with van der Waals surface area (Å²) in [6.45, 7) is 5.86. The normalized spacial score (nSPS) is 11.6. The number of allylic oxidation sites excluding steroid dienone is 1. The third-order valence-corrected chi connectivity index (χ3v) is 2.88. The highest BCUT2D eigenvalue weighted by molar-refractivity contribution is 5.62. The highest BCUT2D eigenvalue weighted by Gasteiger charge is 2.13. The average molecular weight is 265 g/mol. The van der Waals surface area contributed by atoms with Crippen molar-refractivity contribution in [3.05, 3.63) is 24.8 Å². The summed E-state index contributed by atoms with van der Waals surface area (Å²) >= 11 is 0. The van der Waals surface area contributed by atoms with Gasteiger partial charge < -0.3 is 19.5 Å². The van der Waals surface area contributed by atoms with Crippen LogP contribution in [-0.2, 0) is 0 Å². The molecular weight excluding hydrogens is 242 g/mol. The number of hydrogen-bond donors (Lipinski definition) is 1. The van der Waals surface area contributed by atoms with E-state index in [1.54, 1.807) is 21.3 Å². The third-order valence-electron chi connectivity index (χ3n) is 2.88. The molecule has 1 aromatic carbocycles. The van der Waals surface area contributed by atoms with Crippen LogP contribution in [-0.4, -0.2) is 27.4 Å². The molecular formula is C15H23NO3. The van der Waals surface area contributed by atoms with Crippen molar-refractivity contribution in [2.24, 2.45) is 0 Å². The Morgan fingerprint density at radius 1 is 1.16 bits per heavy atom. The van der Waals surface area contributed by atoms with Gasteiger partial charge in [-0.25, -0.2) is 0 Å². The standard InChI is InChI=1S/C15H23NO3/c1-6-7-8-11(2)16-12-9-13(17-3)15(19-5)14(10-12)18-4/h6,9-11,16H,1,7-8H2,2-5H3. The number of hydrogen-bond acceptors (Lipinski definition) is 4. The van der Waals surface area contributed by atoms with E-state index >= 15 is 0 Å². The number of benzene rings is 1. The molecule has 106 valence electrons. The molecule has 4 heteroatoms.